The maximum Gasteiger partial charge on any atom is 0.00849 e. The zero-order chi connectivity index (χ0) is 5.70. The highest BCUT2D eigenvalue weighted by atomic mass is 14.8. The summed E-state index contributed by atoms with van der Waals surface area (Å²) in [7, 11) is 1.90. The fourth-order valence-electron chi connectivity index (χ4n) is 0.295. The van der Waals surface area contributed by atoms with Gasteiger partial charge in [0.25, 0.3) is 0 Å². The minimum absolute atomic E-state index is 0.456. The molecule has 0 saturated carbocycles. The van der Waals surface area contributed by atoms with E-state index in [1.165, 1.54) is 6.21 Å². The molecule has 0 rings (SSSR count). The molecule has 0 aromatic carbocycles. The van der Waals surface area contributed by atoms with Gasteiger partial charge in [-0.25, -0.2) is 0 Å². The molecule has 2 heteroatoms. The first kappa shape index (κ1) is 6.63. The Balaban J connectivity index is 2.98. The highest BCUT2D eigenvalue weighted by Gasteiger charge is 1.89. The van der Waals surface area contributed by atoms with E-state index in [0.29, 0.717) is 6.04 Å². The summed E-state index contributed by atoms with van der Waals surface area (Å²) >= 11 is 0. The normalized spacial score (nSPS) is 13.4. The van der Waals surface area contributed by atoms with Gasteiger partial charge < -0.3 is 10.7 Å². The summed E-state index contributed by atoms with van der Waals surface area (Å²) in [6, 6.07) is 0.456. The zero-order valence-corrected chi connectivity index (χ0v) is 4.86. The van der Waals surface area contributed by atoms with Crippen molar-refractivity contribution in [3.8, 4) is 0 Å². The van der Waals surface area contributed by atoms with Crippen molar-refractivity contribution in [1.29, 1.82) is 5.41 Å². The first-order valence-electron chi connectivity index (χ1n) is 2.47. The standard InChI is InChI=1S/C5H12N2/c1-5(7-2)3-4-6/h4-7H,3H2,1-2H3/t5-/m1/s1. The molecule has 42 valence electrons. The predicted molar refractivity (Wildman–Crippen MR) is 31.9 cm³/mol. The average molecular weight is 100 g/mol. The smallest absolute Gasteiger partial charge is 0.00849 e. The minimum atomic E-state index is 0.456. The zero-order valence-electron chi connectivity index (χ0n) is 4.86. The van der Waals surface area contributed by atoms with Crippen LogP contribution in [0.25, 0.3) is 0 Å². The van der Waals surface area contributed by atoms with Crippen LogP contribution in [0, 0.1) is 5.41 Å². The average Bonchev–Trinajstić information content (AvgIpc) is 1.68. The summed E-state index contributed by atoms with van der Waals surface area (Å²) in [6.45, 7) is 2.05. The third kappa shape index (κ3) is 3.46. The van der Waals surface area contributed by atoms with Crippen LogP contribution in [-0.4, -0.2) is 19.3 Å². The second-order valence-electron chi connectivity index (χ2n) is 1.63. The van der Waals surface area contributed by atoms with Gasteiger partial charge in [0.15, 0.2) is 0 Å². The second kappa shape index (κ2) is 3.81. The van der Waals surface area contributed by atoms with Gasteiger partial charge in [-0.3, -0.25) is 0 Å². The Morgan fingerprint density at radius 2 is 2.43 bits per heavy atom. The number of rotatable bonds is 3. The van der Waals surface area contributed by atoms with Crippen LogP contribution < -0.4 is 5.32 Å². The molecule has 0 saturated heterocycles. The molecule has 2 N–H and O–H groups in total. The Morgan fingerprint density at radius 3 is 2.57 bits per heavy atom. The van der Waals surface area contributed by atoms with E-state index in [4.69, 9.17) is 5.41 Å². The Kier molecular flexibility index (Phi) is 3.61. The molecule has 0 aromatic heterocycles. The van der Waals surface area contributed by atoms with Crippen LogP contribution in [0.5, 0.6) is 0 Å². The first-order chi connectivity index (χ1) is 3.31. The summed E-state index contributed by atoms with van der Waals surface area (Å²) in [5.74, 6) is 0. The Morgan fingerprint density at radius 1 is 1.86 bits per heavy atom. The van der Waals surface area contributed by atoms with E-state index in [2.05, 4.69) is 5.32 Å². The number of nitrogens with one attached hydrogen (secondary N) is 2. The third-order valence-electron chi connectivity index (χ3n) is 0.964. The van der Waals surface area contributed by atoms with Crippen molar-refractivity contribution in [1.82, 2.24) is 5.32 Å². The molecule has 0 fully saturated rings. The lowest BCUT2D eigenvalue weighted by atomic mass is 10.3. The topological polar surface area (TPSA) is 35.9 Å². The summed E-state index contributed by atoms with van der Waals surface area (Å²) in [6.07, 6.45) is 2.25. The van der Waals surface area contributed by atoms with Gasteiger partial charge in [0, 0.05) is 6.04 Å². The molecule has 0 unspecified atom stereocenters. The lowest BCUT2D eigenvalue weighted by molar-refractivity contribution is 0.637. The third-order valence-corrected chi connectivity index (χ3v) is 0.964. The minimum Gasteiger partial charge on any atom is -0.317 e. The van der Waals surface area contributed by atoms with Crippen molar-refractivity contribution in [2.24, 2.45) is 0 Å². The van der Waals surface area contributed by atoms with Gasteiger partial charge >= 0.3 is 0 Å². The highest BCUT2D eigenvalue weighted by molar-refractivity contribution is 5.53. The molecular formula is C5H12N2. The fourth-order valence-corrected chi connectivity index (χ4v) is 0.295. The van der Waals surface area contributed by atoms with E-state index in [9.17, 15) is 0 Å². The summed E-state index contributed by atoms with van der Waals surface area (Å²) < 4.78 is 0. The van der Waals surface area contributed by atoms with Gasteiger partial charge in [-0.2, -0.15) is 0 Å². The van der Waals surface area contributed by atoms with Crippen LogP contribution in [0.3, 0.4) is 0 Å². The van der Waals surface area contributed by atoms with E-state index in [-0.39, 0.29) is 0 Å². The molecule has 0 amide bonds. The molecule has 2 nitrogen and oxygen atoms in total. The van der Waals surface area contributed by atoms with Crippen molar-refractivity contribution in [2.75, 3.05) is 7.05 Å². The Bertz CT molecular complexity index is 52.0. The van der Waals surface area contributed by atoms with Crippen molar-refractivity contribution >= 4 is 6.21 Å². The van der Waals surface area contributed by atoms with E-state index in [0.717, 1.165) is 6.42 Å². The molecule has 0 heterocycles. The van der Waals surface area contributed by atoms with Crippen LogP contribution >= 0.6 is 0 Å². The maximum absolute atomic E-state index is 6.67. The lowest BCUT2D eigenvalue weighted by Crippen LogP contribution is -2.20. The molecule has 0 radical (unpaired) electrons. The SMILES string of the molecule is CN[C@H](C)CC=N. The monoisotopic (exact) mass is 100 g/mol. The Hall–Kier alpha value is -0.370. The van der Waals surface area contributed by atoms with Crippen LogP contribution in [0.15, 0.2) is 0 Å². The van der Waals surface area contributed by atoms with Crippen molar-refractivity contribution in [3.63, 3.8) is 0 Å². The summed E-state index contributed by atoms with van der Waals surface area (Å²) in [5, 5.41) is 9.69. The molecule has 0 aromatic rings. The highest BCUT2D eigenvalue weighted by Crippen LogP contribution is 1.81. The van der Waals surface area contributed by atoms with Crippen molar-refractivity contribution in [3.05, 3.63) is 0 Å². The first-order valence-corrected chi connectivity index (χ1v) is 2.47. The molecule has 0 aliphatic heterocycles. The van der Waals surface area contributed by atoms with Gasteiger partial charge in [-0.15, -0.1) is 0 Å². The second-order valence-corrected chi connectivity index (χ2v) is 1.63. The van der Waals surface area contributed by atoms with Gasteiger partial charge in [0.05, 0.1) is 0 Å². The van der Waals surface area contributed by atoms with Gasteiger partial charge in [0.2, 0.25) is 0 Å². The molecule has 0 bridgehead atoms. The Labute approximate surface area is 44.4 Å². The van der Waals surface area contributed by atoms with Crippen molar-refractivity contribution < 1.29 is 0 Å². The van der Waals surface area contributed by atoms with Crippen LogP contribution in [0.2, 0.25) is 0 Å². The van der Waals surface area contributed by atoms with E-state index >= 15 is 0 Å². The van der Waals surface area contributed by atoms with Crippen molar-refractivity contribution in [2.45, 2.75) is 19.4 Å². The van der Waals surface area contributed by atoms with Gasteiger partial charge in [-0.05, 0) is 26.6 Å². The molecule has 0 spiro atoms. The largest absolute Gasteiger partial charge is 0.317 e. The molecule has 7 heavy (non-hydrogen) atoms. The molecule has 1 atom stereocenters. The number of hydrogen-bond acceptors (Lipinski definition) is 2. The maximum atomic E-state index is 6.67. The summed E-state index contributed by atoms with van der Waals surface area (Å²) in [4.78, 5) is 0. The predicted octanol–water partition coefficient (Wildman–Crippen LogP) is 0.634. The molecule has 0 aliphatic rings. The van der Waals surface area contributed by atoms with Crippen LogP contribution in [0.4, 0.5) is 0 Å². The van der Waals surface area contributed by atoms with Crippen LogP contribution in [-0.2, 0) is 0 Å². The van der Waals surface area contributed by atoms with Gasteiger partial charge in [0.1, 0.15) is 0 Å². The number of hydrogen-bond donors (Lipinski definition) is 2. The van der Waals surface area contributed by atoms with E-state index in [1.807, 2.05) is 14.0 Å². The summed E-state index contributed by atoms with van der Waals surface area (Å²) in [5.41, 5.74) is 0. The van der Waals surface area contributed by atoms with E-state index < -0.39 is 0 Å². The quantitative estimate of drug-likeness (QED) is 0.501. The van der Waals surface area contributed by atoms with Gasteiger partial charge in [-0.1, -0.05) is 0 Å². The van der Waals surface area contributed by atoms with Crippen LogP contribution in [0.1, 0.15) is 13.3 Å². The molecule has 0 aliphatic carbocycles. The fraction of sp³-hybridized carbons (Fsp3) is 0.800. The lowest BCUT2D eigenvalue weighted by Gasteiger charge is -2.02. The van der Waals surface area contributed by atoms with E-state index in [1.54, 1.807) is 0 Å². The molecular weight excluding hydrogens is 88.1 g/mol.